The molecule has 33 heavy (non-hydrogen) atoms. The van der Waals surface area contributed by atoms with Crippen LogP contribution in [0.5, 0.6) is 0 Å². The zero-order chi connectivity index (χ0) is 23.6. The maximum atomic E-state index is 13.2. The van der Waals surface area contributed by atoms with E-state index < -0.39 is 11.5 Å². The van der Waals surface area contributed by atoms with E-state index in [0.29, 0.717) is 38.9 Å². The lowest BCUT2D eigenvalue weighted by Crippen LogP contribution is -2.56. The van der Waals surface area contributed by atoms with E-state index in [0.717, 1.165) is 29.5 Å². The number of nitrogens with two attached hydrogens (primary N) is 1. The Bertz CT molecular complexity index is 1030. The first-order chi connectivity index (χ1) is 15.8. The summed E-state index contributed by atoms with van der Waals surface area (Å²) in [5, 5.41) is 0. The number of nitrogens with zero attached hydrogens (tertiary/aromatic N) is 2. The zero-order valence-corrected chi connectivity index (χ0v) is 19.5. The number of rotatable bonds is 6. The molecule has 3 amide bonds. The van der Waals surface area contributed by atoms with Gasteiger partial charge < -0.3 is 15.5 Å². The first-order valence-corrected chi connectivity index (χ1v) is 11.8. The van der Waals surface area contributed by atoms with Crippen LogP contribution in [0.4, 0.5) is 0 Å². The fourth-order valence-corrected chi connectivity index (χ4v) is 5.18. The van der Waals surface area contributed by atoms with Crippen LogP contribution in [-0.2, 0) is 20.8 Å². The van der Waals surface area contributed by atoms with E-state index in [4.69, 9.17) is 5.73 Å². The Hall–Kier alpha value is -3.15. The van der Waals surface area contributed by atoms with Gasteiger partial charge in [-0.3, -0.25) is 14.4 Å². The number of carbonyl (C=O) groups is 3. The zero-order valence-electron chi connectivity index (χ0n) is 19.5. The normalized spacial score (nSPS) is 21.8. The average molecular weight is 448 g/mol. The van der Waals surface area contributed by atoms with Crippen molar-refractivity contribution in [3.05, 3.63) is 59.7 Å². The number of primary amides is 1. The predicted molar refractivity (Wildman–Crippen MR) is 128 cm³/mol. The monoisotopic (exact) mass is 447 g/mol. The quantitative estimate of drug-likeness (QED) is 0.737. The van der Waals surface area contributed by atoms with Crippen molar-refractivity contribution < 1.29 is 14.4 Å². The summed E-state index contributed by atoms with van der Waals surface area (Å²) in [7, 11) is 0. The van der Waals surface area contributed by atoms with Crippen molar-refractivity contribution in [3.8, 4) is 11.1 Å². The molecule has 0 radical (unpaired) electrons. The van der Waals surface area contributed by atoms with Crippen molar-refractivity contribution in [3.63, 3.8) is 0 Å². The predicted octanol–water partition coefficient (Wildman–Crippen LogP) is 3.31. The van der Waals surface area contributed by atoms with Gasteiger partial charge in [0.1, 0.15) is 6.04 Å². The minimum Gasteiger partial charge on any atom is -0.369 e. The van der Waals surface area contributed by atoms with E-state index in [1.807, 2.05) is 12.1 Å². The van der Waals surface area contributed by atoms with Crippen LogP contribution in [-0.4, -0.2) is 53.2 Å². The third kappa shape index (κ3) is 4.80. The summed E-state index contributed by atoms with van der Waals surface area (Å²) < 4.78 is 0. The Morgan fingerprint density at radius 1 is 1.00 bits per heavy atom. The molecule has 2 aliphatic rings. The molecule has 0 aliphatic carbocycles. The first-order valence-electron chi connectivity index (χ1n) is 11.8. The number of piperidine rings is 1. The number of hydrogen-bond acceptors (Lipinski definition) is 3. The summed E-state index contributed by atoms with van der Waals surface area (Å²) in [6, 6.07) is 16.1. The Labute approximate surface area is 195 Å². The largest absolute Gasteiger partial charge is 0.369 e. The van der Waals surface area contributed by atoms with Gasteiger partial charge in [0.25, 0.3) is 0 Å². The van der Waals surface area contributed by atoms with Gasteiger partial charge in [-0.2, -0.15) is 0 Å². The van der Waals surface area contributed by atoms with Crippen LogP contribution in [0.2, 0.25) is 0 Å². The molecule has 2 heterocycles. The van der Waals surface area contributed by atoms with Gasteiger partial charge in [0.05, 0.1) is 5.41 Å². The second-order valence-corrected chi connectivity index (χ2v) is 9.61. The molecular formula is C27H33N3O3. The van der Waals surface area contributed by atoms with Gasteiger partial charge in [0.15, 0.2) is 0 Å². The van der Waals surface area contributed by atoms with Crippen LogP contribution in [0, 0.1) is 12.3 Å². The van der Waals surface area contributed by atoms with E-state index in [1.54, 1.807) is 16.7 Å². The molecule has 2 aromatic rings. The number of benzene rings is 2. The van der Waals surface area contributed by atoms with Crippen LogP contribution in [0.3, 0.4) is 0 Å². The van der Waals surface area contributed by atoms with Gasteiger partial charge in [-0.15, -0.1) is 0 Å². The lowest BCUT2D eigenvalue weighted by molar-refractivity contribution is -0.147. The van der Waals surface area contributed by atoms with Gasteiger partial charge in [0, 0.05) is 26.1 Å². The maximum Gasteiger partial charge on any atom is 0.245 e. The Morgan fingerprint density at radius 2 is 1.64 bits per heavy atom. The van der Waals surface area contributed by atoms with Crippen molar-refractivity contribution in [2.75, 3.05) is 19.6 Å². The summed E-state index contributed by atoms with van der Waals surface area (Å²) in [4.78, 5) is 41.4. The van der Waals surface area contributed by atoms with Gasteiger partial charge >= 0.3 is 0 Å². The number of hydrogen-bond donors (Lipinski definition) is 1. The first kappa shape index (κ1) is 23.0. The van der Waals surface area contributed by atoms with Crippen LogP contribution in [0.1, 0.15) is 43.7 Å². The van der Waals surface area contributed by atoms with Gasteiger partial charge in [-0.25, -0.2) is 0 Å². The Balaban J connectivity index is 1.49. The molecule has 6 nitrogen and oxygen atoms in total. The molecule has 2 fully saturated rings. The van der Waals surface area contributed by atoms with E-state index in [2.05, 4.69) is 43.3 Å². The van der Waals surface area contributed by atoms with E-state index in [9.17, 15) is 14.4 Å². The van der Waals surface area contributed by atoms with Crippen molar-refractivity contribution in [2.24, 2.45) is 11.1 Å². The van der Waals surface area contributed by atoms with Crippen LogP contribution in [0.15, 0.2) is 48.5 Å². The molecule has 0 spiro atoms. The van der Waals surface area contributed by atoms with Crippen molar-refractivity contribution in [1.82, 2.24) is 9.80 Å². The summed E-state index contributed by atoms with van der Waals surface area (Å²) in [5.74, 6) is -0.430. The Kier molecular flexibility index (Phi) is 6.54. The molecule has 2 atom stereocenters. The number of likely N-dealkylation sites (tertiary alicyclic amines) is 2. The van der Waals surface area contributed by atoms with Crippen LogP contribution in [0.25, 0.3) is 11.1 Å². The summed E-state index contributed by atoms with van der Waals surface area (Å²) in [6.07, 6.45) is 3.17. The highest BCUT2D eigenvalue weighted by Gasteiger charge is 2.43. The topological polar surface area (TPSA) is 83.7 Å². The molecule has 2 N–H and O–H groups in total. The third-order valence-corrected chi connectivity index (χ3v) is 7.23. The highest BCUT2D eigenvalue weighted by atomic mass is 16.2. The van der Waals surface area contributed by atoms with E-state index in [-0.39, 0.29) is 17.7 Å². The van der Waals surface area contributed by atoms with E-state index >= 15 is 0 Å². The highest BCUT2D eigenvalue weighted by Crippen LogP contribution is 2.35. The van der Waals surface area contributed by atoms with Crippen molar-refractivity contribution >= 4 is 17.7 Å². The Morgan fingerprint density at radius 3 is 2.21 bits per heavy atom. The molecule has 4 rings (SSSR count). The molecule has 6 heteroatoms. The fraction of sp³-hybridized carbons (Fsp3) is 0.444. The van der Waals surface area contributed by atoms with Crippen LogP contribution < -0.4 is 5.73 Å². The van der Waals surface area contributed by atoms with Gasteiger partial charge in [-0.05, 0) is 56.2 Å². The molecule has 2 saturated heterocycles. The molecule has 174 valence electrons. The smallest absolute Gasteiger partial charge is 0.245 e. The molecular weight excluding hydrogens is 414 g/mol. The number of carbonyl (C=O) groups excluding carboxylic acids is 3. The number of amides is 3. The third-order valence-electron chi connectivity index (χ3n) is 7.23. The summed E-state index contributed by atoms with van der Waals surface area (Å²) in [5.41, 5.74) is 9.65. The second-order valence-electron chi connectivity index (χ2n) is 9.61. The minimum atomic E-state index is -0.798. The second kappa shape index (κ2) is 9.38. The fourth-order valence-electron chi connectivity index (χ4n) is 5.18. The number of aryl methyl sites for hydroxylation is 1. The summed E-state index contributed by atoms with van der Waals surface area (Å²) in [6.45, 7) is 5.36. The van der Waals surface area contributed by atoms with E-state index in [1.165, 1.54) is 5.56 Å². The molecule has 0 saturated carbocycles. The molecule has 2 aliphatic heterocycles. The molecule has 2 aromatic carbocycles. The lowest BCUT2D eigenvalue weighted by Gasteiger charge is -2.42. The SMILES string of the molecule is Cc1ccc(-c2ccc(CC3(C(N)=O)CCCN(C(=O)C(C)N4CCCC4=O)C3)cc2)cc1. The average Bonchev–Trinajstić information content (AvgIpc) is 3.25. The summed E-state index contributed by atoms with van der Waals surface area (Å²) >= 11 is 0. The van der Waals surface area contributed by atoms with Crippen molar-refractivity contribution in [1.29, 1.82) is 0 Å². The molecule has 2 unspecified atom stereocenters. The maximum absolute atomic E-state index is 13.2. The van der Waals surface area contributed by atoms with Crippen LogP contribution >= 0.6 is 0 Å². The van der Waals surface area contributed by atoms with Gasteiger partial charge in [0.2, 0.25) is 17.7 Å². The minimum absolute atomic E-state index is 0.0303. The highest BCUT2D eigenvalue weighted by molar-refractivity contribution is 5.89. The molecule has 0 bridgehead atoms. The van der Waals surface area contributed by atoms with Gasteiger partial charge in [-0.1, -0.05) is 54.1 Å². The lowest BCUT2D eigenvalue weighted by atomic mass is 9.74. The standard InChI is InChI=1S/C27H33N3O3/c1-19-6-10-22(11-7-19)23-12-8-21(9-13-23)17-27(26(28)33)14-4-15-29(18-27)25(32)20(2)30-16-3-5-24(30)31/h6-13,20H,3-5,14-18H2,1-2H3,(H2,28,33). The molecule has 0 aromatic heterocycles. The van der Waals surface area contributed by atoms with Crippen molar-refractivity contribution in [2.45, 2.75) is 52.0 Å².